The number of aliphatic hydroxyl groups is 1. The zero-order valence-corrected chi connectivity index (χ0v) is 11.5. The molecule has 2 unspecified atom stereocenters. The lowest BCUT2D eigenvalue weighted by Gasteiger charge is -2.31. The van der Waals surface area contributed by atoms with Gasteiger partial charge in [0.05, 0.1) is 0 Å². The lowest BCUT2D eigenvalue weighted by molar-refractivity contribution is 0.130. The van der Waals surface area contributed by atoms with Crippen molar-refractivity contribution >= 4 is 0 Å². The molecule has 0 fully saturated rings. The Morgan fingerprint density at radius 2 is 1.71 bits per heavy atom. The molecule has 0 radical (unpaired) electrons. The third-order valence-corrected chi connectivity index (χ3v) is 3.49. The average Bonchev–Trinajstić information content (AvgIpc) is 2.35. The van der Waals surface area contributed by atoms with Crippen LogP contribution in [0, 0.1) is 5.92 Å². The van der Waals surface area contributed by atoms with Crippen LogP contribution in [0.25, 0.3) is 0 Å². The van der Waals surface area contributed by atoms with E-state index in [9.17, 15) is 5.11 Å². The molecule has 17 heavy (non-hydrogen) atoms. The molecule has 2 heteroatoms. The molecule has 1 aromatic carbocycles. The fourth-order valence-corrected chi connectivity index (χ4v) is 2.39. The van der Waals surface area contributed by atoms with Crippen LogP contribution in [-0.4, -0.2) is 30.7 Å². The Labute approximate surface area is 105 Å². The SMILES string of the molecule is CCc1ccc(C(C(CC)CO)N(C)C)cc1. The number of hydrogen-bond acceptors (Lipinski definition) is 2. The molecule has 0 amide bonds. The van der Waals surface area contributed by atoms with Crippen molar-refractivity contribution in [3.8, 4) is 0 Å². The third-order valence-electron chi connectivity index (χ3n) is 3.49. The van der Waals surface area contributed by atoms with Gasteiger partial charge in [0.25, 0.3) is 0 Å². The van der Waals surface area contributed by atoms with Crippen LogP contribution in [0.3, 0.4) is 0 Å². The molecule has 96 valence electrons. The molecule has 0 spiro atoms. The van der Waals surface area contributed by atoms with Gasteiger partial charge in [0, 0.05) is 18.6 Å². The topological polar surface area (TPSA) is 23.5 Å². The summed E-state index contributed by atoms with van der Waals surface area (Å²) >= 11 is 0. The maximum atomic E-state index is 9.48. The van der Waals surface area contributed by atoms with Gasteiger partial charge in [0.2, 0.25) is 0 Å². The highest BCUT2D eigenvalue weighted by molar-refractivity contribution is 5.25. The molecule has 1 aromatic rings. The van der Waals surface area contributed by atoms with Crippen LogP contribution in [0.5, 0.6) is 0 Å². The molecule has 0 aliphatic rings. The molecule has 1 N–H and O–H groups in total. The van der Waals surface area contributed by atoms with Gasteiger partial charge < -0.3 is 10.0 Å². The standard InChI is InChI=1S/C15H25NO/c1-5-12-7-9-14(10-8-12)15(16(3)4)13(6-2)11-17/h7-10,13,15,17H,5-6,11H2,1-4H3. The average molecular weight is 235 g/mol. The molecular weight excluding hydrogens is 210 g/mol. The summed E-state index contributed by atoms with van der Waals surface area (Å²) in [6.07, 6.45) is 2.07. The number of rotatable bonds is 6. The fraction of sp³-hybridized carbons (Fsp3) is 0.600. The van der Waals surface area contributed by atoms with E-state index in [1.54, 1.807) is 0 Å². The van der Waals surface area contributed by atoms with Crippen LogP contribution < -0.4 is 0 Å². The Morgan fingerprint density at radius 1 is 1.12 bits per heavy atom. The molecule has 0 saturated carbocycles. The summed E-state index contributed by atoms with van der Waals surface area (Å²) < 4.78 is 0. The normalized spacial score (nSPS) is 14.9. The molecule has 2 atom stereocenters. The monoisotopic (exact) mass is 235 g/mol. The highest BCUT2D eigenvalue weighted by Gasteiger charge is 2.22. The molecule has 2 nitrogen and oxygen atoms in total. The van der Waals surface area contributed by atoms with Gasteiger partial charge in [-0.2, -0.15) is 0 Å². The number of hydrogen-bond donors (Lipinski definition) is 1. The molecule has 0 aliphatic heterocycles. The van der Waals surface area contributed by atoms with Crippen molar-refractivity contribution in [1.29, 1.82) is 0 Å². The first-order chi connectivity index (χ1) is 8.13. The number of benzene rings is 1. The van der Waals surface area contributed by atoms with Crippen molar-refractivity contribution in [1.82, 2.24) is 4.90 Å². The number of aliphatic hydroxyl groups excluding tert-OH is 1. The predicted octanol–water partition coefficient (Wildman–Crippen LogP) is 2.87. The summed E-state index contributed by atoms with van der Waals surface area (Å²) in [6, 6.07) is 9.08. The summed E-state index contributed by atoms with van der Waals surface area (Å²) in [5.41, 5.74) is 2.66. The van der Waals surface area contributed by atoms with E-state index in [0.717, 1.165) is 12.8 Å². The van der Waals surface area contributed by atoms with Gasteiger partial charge in [-0.15, -0.1) is 0 Å². The Hall–Kier alpha value is -0.860. The van der Waals surface area contributed by atoms with Crippen molar-refractivity contribution in [2.75, 3.05) is 20.7 Å². The van der Waals surface area contributed by atoms with Crippen LogP contribution in [0.1, 0.15) is 37.4 Å². The summed E-state index contributed by atoms with van der Waals surface area (Å²) in [7, 11) is 4.16. The van der Waals surface area contributed by atoms with Crippen molar-refractivity contribution in [2.24, 2.45) is 5.92 Å². The molecular formula is C15H25NO. The van der Waals surface area contributed by atoms with Crippen LogP contribution in [-0.2, 0) is 6.42 Å². The molecule has 0 bridgehead atoms. The van der Waals surface area contributed by atoms with E-state index >= 15 is 0 Å². The lowest BCUT2D eigenvalue weighted by Crippen LogP contribution is -2.29. The Balaban J connectivity index is 2.96. The summed E-state index contributed by atoms with van der Waals surface area (Å²) in [5, 5.41) is 9.48. The summed E-state index contributed by atoms with van der Waals surface area (Å²) in [6.45, 7) is 4.55. The number of aryl methyl sites for hydroxylation is 1. The smallest absolute Gasteiger partial charge is 0.0477 e. The minimum absolute atomic E-state index is 0.245. The Kier molecular flexibility index (Phi) is 5.66. The zero-order chi connectivity index (χ0) is 12.8. The highest BCUT2D eigenvalue weighted by Crippen LogP contribution is 2.29. The van der Waals surface area contributed by atoms with E-state index in [1.165, 1.54) is 11.1 Å². The molecule has 0 saturated heterocycles. The van der Waals surface area contributed by atoms with Crippen molar-refractivity contribution in [3.63, 3.8) is 0 Å². The van der Waals surface area contributed by atoms with E-state index in [0.29, 0.717) is 12.0 Å². The lowest BCUT2D eigenvalue weighted by atomic mass is 9.90. The van der Waals surface area contributed by atoms with Crippen molar-refractivity contribution < 1.29 is 5.11 Å². The molecule has 0 aromatic heterocycles. The maximum Gasteiger partial charge on any atom is 0.0477 e. The second-order valence-corrected chi connectivity index (χ2v) is 4.85. The predicted molar refractivity (Wildman–Crippen MR) is 73.1 cm³/mol. The first-order valence-electron chi connectivity index (χ1n) is 6.50. The second-order valence-electron chi connectivity index (χ2n) is 4.85. The third kappa shape index (κ3) is 3.55. The molecule has 0 aliphatic carbocycles. The first-order valence-corrected chi connectivity index (χ1v) is 6.50. The van der Waals surface area contributed by atoms with Crippen molar-refractivity contribution in [2.45, 2.75) is 32.7 Å². The van der Waals surface area contributed by atoms with Crippen LogP contribution in [0.4, 0.5) is 0 Å². The second kappa shape index (κ2) is 6.77. The minimum atomic E-state index is 0.245. The molecule has 0 heterocycles. The van der Waals surface area contributed by atoms with E-state index in [1.807, 2.05) is 0 Å². The van der Waals surface area contributed by atoms with Gasteiger partial charge in [-0.1, -0.05) is 38.1 Å². The van der Waals surface area contributed by atoms with Gasteiger partial charge in [-0.25, -0.2) is 0 Å². The highest BCUT2D eigenvalue weighted by atomic mass is 16.3. The van der Waals surface area contributed by atoms with Crippen LogP contribution >= 0.6 is 0 Å². The maximum absolute atomic E-state index is 9.48. The van der Waals surface area contributed by atoms with E-state index in [-0.39, 0.29) is 6.61 Å². The first kappa shape index (κ1) is 14.2. The molecule has 1 rings (SSSR count). The van der Waals surface area contributed by atoms with E-state index in [2.05, 4.69) is 57.1 Å². The van der Waals surface area contributed by atoms with E-state index < -0.39 is 0 Å². The van der Waals surface area contributed by atoms with Gasteiger partial charge in [0.1, 0.15) is 0 Å². The largest absolute Gasteiger partial charge is 0.396 e. The number of nitrogens with zero attached hydrogens (tertiary/aromatic N) is 1. The summed E-state index contributed by atoms with van der Waals surface area (Å²) in [4.78, 5) is 2.20. The summed E-state index contributed by atoms with van der Waals surface area (Å²) in [5.74, 6) is 0.303. The van der Waals surface area contributed by atoms with Crippen LogP contribution in [0.2, 0.25) is 0 Å². The quantitative estimate of drug-likeness (QED) is 0.819. The van der Waals surface area contributed by atoms with Gasteiger partial charge in [-0.3, -0.25) is 0 Å². The Morgan fingerprint density at radius 3 is 2.06 bits per heavy atom. The van der Waals surface area contributed by atoms with Crippen LogP contribution in [0.15, 0.2) is 24.3 Å². The zero-order valence-electron chi connectivity index (χ0n) is 11.5. The fourth-order valence-electron chi connectivity index (χ4n) is 2.39. The van der Waals surface area contributed by atoms with Crippen molar-refractivity contribution in [3.05, 3.63) is 35.4 Å². The van der Waals surface area contributed by atoms with Gasteiger partial charge in [0.15, 0.2) is 0 Å². The minimum Gasteiger partial charge on any atom is -0.396 e. The van der Waals surface area contributed by atoms with Gasteiger partial charge in [-0.05, 0) is 38.1 Å². The van der Waals surface area contributed by atoms with Gasteiger partial charge >= 0.3 is 0 Å². The van der Waals surface area contributed by atoms with E-state index in [4.69, 9.17) is 0 Å². The Bertz CT molecular complexity index is 314.